The number of benzene rings is 1. The fourth-order valence-corrected chi connectivity index (χ4v) is 3.71. The molecule has 1 aromatic carbocycles. The van der Waals surface area contributed by atoms with Crippen LogP contribution in [0.5, 0.6) is 0 Å². The van der Waals surface area contributed by atoms with Crippen molar-refractivity contribution in [2.45, 2.75) is 50.0 Å². The summed E-state index contributed by atoms with van der Waals surface area (Å²) in [6.07, 6.45) is 6.16. The molecule has 2 aliphatic rings. The van der Waals surface area contributed by atoms with Crippen LogP contribution in [0.2, 0.25) is 0 Å². The van der Waals surface area contributed by atoms with E-state index in [1.54, 1.807) is 12.1 Å². The molecule has 1 amide bonds. The molecule has 0 radical (unpaired) electrons. The first-order chi connectivity index (χ1) is 10.2. The van der Waals surface area contributed by atoms with Gasteiger partial charge in [-0.15, -0.1) is 12.4 Å². The van der Waals surface area contributed by atoms with E-state index in [9.17, 15) is 9.18 Å². The van der Waals surface area contributed by atoms with Gasteiger partial charge in [-0.05, 0) is 49.9 Å². The number of nitrogens with one attached hydrogen (secondary N) is 2. The quantitative estimate of drug-likeness (QED) is 0.893. The molecule has 1 aliphatic carbocycles. The second kappa shape index (κ2) is 7.42. The van der Waals surface area contributed by atoms with Crippen molar-refractivity contribution in [2.75, 3.05) is 13.1 Å². The zero-order chi connectivity index (χ0) is 14.7. The van der Waals surface area contributed by atoms with Crippen LogP contribution in [-0.2, 0) is 10.2 Å². The summed E-state index contributed by atoms with van der Waals surface area (Å²) in [5.74, 6) is -0.136. The zero-order valence-corrected chi connectivity index (χ0v) is 13.6. The molecule has 1 saturated carbocycles. The highest BCUT2D eigenvalue weighted by atomic mass is 35.5. The number of halogens is 2. The van der Waals surface area contributed by atoms with E-state index in [0.29, 0.717) is 12.6 Å². The van der Waals surface area contributed by atoms with Crippen LogP contribution in [0.1, 0.15) is 44.1 Å². The summed E-state index contributed by atoms with van der Waals surface area (Å²) in [6.45, 7) is 1.74. The van der Waals surface area contributed by atoms with E-state index >= 15 is 0 Å². The van der Waals surface area contributed by atoms with E-state index in [1.807, 2.05) is 0 Å². The topological polar surface area (TPSA) is 41.1 Å². The molecule has 3 nitrogen and oxygen atoms in total. The third kappa shape index (κ3) is 3.44. The number of hydrogen-bond donors (Lipinski definition) is 2. The lowest BCUT2D eigenvalue weighted by Crippen LogP contribution is -2.46. The van der Waals surface area contributed by atoms with Gasteiger partial charge in [-0.2, -0.15) is 0 Å². The molecule has 1 heterocycles. The van der Waals surface area contributed by atoms with Gasteiger partial charge in [0, 0.05) is 12.6 Å². The summed E-state index contributed by atoms with van der Waals surface area (Å²) >= 11 is 0. The third-order valence-corrected chi connectivity index (χ3v) is 4.96. The molecular weight excluding hydrogens is 303 g/mol. The van der Waals surface area contributed by atoms with E-state index < -0.39 is 5.41 Å². The van der Waals surface area contributed by atoms with E-state index in [2.05, 4.69) is 10.6 Å². The highest BCUT2D eigenvalue weighted by molar-refractivity contribution is 5.88. The number of rotatable bonds is 4. The Labute approximate surface area is 137 Å². The van der Waals surface area contributed by atoms with E-state index in [1.165, 1.54) is 18.6 Å². The fraction of sp³-hybridized carbons (Fsp3) is 0.588. The third-order valence-electron chi connectivity index (χ3n) is 4.96. The lowest BCUT2D eigenvalue weighted by Gasteiger charge is -2.29. The smallest absolute Gasteiger partial charge is 0.230 e. The van der Waals surface area contributed by atoms with Crippen molar-refractivity contribution >= 4 is 18.3 Å². The summed E-state index contributed by atoms with van der Waals surface area (Å²) in [6, 6.07) is 6.87. The van der Waals surface area contributed by atoms with Gasteiger partial charge in [0.1, 0.15) is 5.82 Å². The maximum Gasteiger partial charge on any atom is 0.230 e. The Morgan fingerprint density at radius 3 is 2.50 bits per heavy atom. The van der Waals surface area contributed by atoms with Gasteiger partial charge in [0.2, 0.25) is 5.91 Å². The Kier molecular flexibility index (Phi) is 5.81. The molecule has 1 unspecified atom stereocenters. The fourth-order valence-electron chi connectivity index (χ4n) is 3.71. The van der Waals surface area contributed by atoms with Crippen molar-refractivity contribution in [3.05, 3.63) is 35.6 Å². The highest BCUT2D eigenvalue weighted by Gasteiger charge is 2.42. The maximum absolute atomic E-state index is 13.1. The van der Waals surface area contributed by atoms with Gasteiger partial charge in [-0.1, -0.05) is 25.0 Å². The Morgan fingerprint density at radius 2 is 1.91 bits per heavy atom. The summed E-state index contributed by atoms with van der Waals surface area (Å²) in [4.78, 5) is 12.8. The van der Waals surface area contributed by atoms with Gasteiger partial charge in [0.25, 0.3) is 0 Å². The molecule has 0 spiro atoms. The van der Waals surface area contributed by atoms with E-state index in [0.717, 1.165) is 44.2 Å². The minimum atomic E-state index is -0.452. The first-order valence-electron chi connectivity index (χ1n) is 7.98. The largest absolute Gasteiger partial charge is 0.354 e. The van der Waals surface area contributed by atoms with E-state index in [4.69, 9.17) is 0 Å². The SMILES string of the molecule is Cl.O=C(NCC1CCCN1)C1(c2ccc(F)cc2)CCCC1. The van der Waals surface area contributed by atoms with E-state index in [-0.39, 0.29) is 24.1 Å². The molecule has 3 rings (SSSR count). The maximum atomic E-state index is 13.1. The molecule has 0 bridgehead atoms. The normalized spacial score (nSPS) is 23.0. The highest BCUT2D eigenvalue weighted by Crippen LogP contribution is 2.41. The van der Waals surface area contributed by atoms with Gasteiger partial charge < -0.3 is 10.6 Å². The molecule has 1 saturated heterocycles. The van der Waals surface area contributed by atoms with Crippen LogP contribution in [0.25, 0.3) is 0 Å². The second-order valence-electron chi connectivity index (χ2n) is 6.30. The second-order valence-corrected chi connectivity index (χ2v) is 6.30. The summed E-state index contributed by atoms with van der Waals surface area (Å²) in [7, 11) is 0. The predicted octanol–water partition coefficient (Wildman–Crippen LogP) is 2.93. The average Bonchev–Trinajstić information content (AvgIpc) is 3.17. The predicted molar refractivity (Wildman–Crippen MR) is 87.8 cm³/mol. The first kappa shape index (κ1) is 17.2. The molecule has 122 valence electrons. The molecule has 1 aromatic rings. The molecule has 2 N–H and O–H groups in total. The van der Waals surface area contributed by atoms with Crippen LogP contribution < -0.4 is 10.6 Å². The lowest BCUT2D eigenvalue weighted by molar-refractivity contribution is -0.126. The van der Waals surface area contributed by atoms with Gasteiger partial charge >= 0.3 is 0 Å². The van der Waals surface area contributed by atoms with Crippen LogP contribution in [0.3, 0.4) is 0 Å². The van der Waals surface area contributed by atoms with Crippen LogP contribution >= 0.6 is 12.4 Å². The van der Waals surface area contributed by atoms with Crippen LogP contribution in [0.15, 0.2) is 24.3 Å². The van der Waals surface area contributed by atoms with Crippen molar-refractivity contribution in [3.8, 4) is 0 Å². The molecule has 22 heavy (non-hydrogen) atoms. The van der Waals surface area contributed by atoms with Crippen molar-refractivity contribution < 1.29 is 9.18 Å². The molecule has 1 atom stereocenters. The molecule has 5 heteroatoms. The first-order valence-corrected chi connectivity index (χ1v) is 7.98. The summed E-state index contributed by atoms with van der Waals surface area (Å²) < 4.78 is 13.1. The van der Waals surface area contributed by atoms with Crippen LogP contribution in [-0.4, -0.2) is 25.0 Å². The zero-order valence-electron chi connectivity index (χ0n) is 12.7. The summed E-state index contributed by atoms with van der Waals surface area (Å²) in [5, 5.41) is 6.52. The Balaban J connectivity index is 0.00000176. The Bertz CT molecular complexity index is 494. The van der Waals surface area contributed by atoms with Crippen molar-refractivity contribution in [3.63, 3.8) is 0 Å². The number of carbonyl (C=O) groups excluding carboxylic acids is 1. The van der Waals surface area contributed by atoms with Gasteiger partial charge in [0.05, 0.1) is 5.41 Å². The summed E-state index contributed by atoms with van der Waals surface area (Å²) in [5.41, 5.74) is 0.505. The lowest BCUT2D eigenvalue weighted by atomic mass is 9.78. The minimum Gasteiger partial charge on any atom is -0.354 e. The molecular formula is C17H24ClFN2O. The van der Waals surface area contributed by atoms with Crippen LogP contribution in [0.4, 0.5) is 4.39 Å². The average molecular weight is 327 g/mol. The minimum absolute atomic E-state index is 0. The molecule has 0 aromatic heterocycles. The van der Waals surface area contributed by atoms with Crippen molar-refractivity contribution in [1.29, 1.82) is 0 Å². The van der Waals surface area contributed by atoms with Crippen LogP contribution in [0, 0.1) is 5.82 Å². The number of amides is 1. The molecule has 2 fully saturated rings. The van der Waals surface area contributed by atoms with Crippen molar-refractivity contribution in [1.82, 2.24) is 10.6 Å². The molecule has 1 aliphatic heterocycles. The number of hydrogen-bond acceptors (Lipinski definition) is 2. The van der Waals surface area contributed by atoms with Gasteiger partial charge in [-0.25, -0.2) is 4.39 Å². The Hall–Kier alpha value is -1.13. The van der Waals surface area contributed by atoms with Gasteiger partial charge in [0.15, 0.2) is 0 Å². The number of carbonyl (C=O) groups is 1. The van der Waals surface area contributed by atoms with Crippen molar-refractivity contribution in [2.24, 2.45) is 0 Å². The Morgan fingerprint density at radius 1 is 1.23 bits per heavy atom. The van der Waals surface area contributed by atoms with Gasteiger partial charge in [-0.3, -0.25) is 4.79 Å². The monoisotopic (exact) mass is 326 g/mol. The standard InChI is InChI=1S/C17H23FN2O.ClH/c18-14-7-5-13(6-8-14)17(9-1-2-10-17)16(21)20-12-15-4-3-11-19-15;/h5-8,15,19H,1-4,9-12H2,(H,20,21);1H.